The van der Waals surface area contributed by atoms with Crippen LogP contribution in [-0.2, 0) is 6.42 Å². The number of benzene rings is 1. The molecule has 1 aromatic carbocycles. The van der Waals surface area contributed by atoms with Crippen LogP contribution in [0, 0.1) is 0 Å². The second kappa shape index (κ2) is 7.42. The Morgan fingerprint density at radius 2 is 1.71 bits per heavy atom. The highest BCUT2D eigenvalue weighted by molar-refractivity contribution is 5.27. The number of hydrogen-bond acceptors (Lipinski definition) is 2. The molecule has 0 aliphatic carbocycles. The number of nitrogens with two attached hydrogens (primary N) is 1. The van der Waals surface area contributed by atoms with Crippen LogP contribution in [-0.4, -0.2) is 23.5 Å². The lowest BCUT2D eigenvalue weighted by atomic mass is 9.82. The lowest BCUT2D eigenvalue weighted by Gasteiger charge is -2.47. The highest BCUT2D eigenvalue weighted by Gasteiger charge is 2.37. The van der Waals surface area contributed by atoms with E-state index in [-0.39, 0.29) is 11.6 Å². The highest BCUT2D eigenvalue weighted by atomic mass is 15.2. The summed E-state index contributed by atoms with van der Waals surface area (Å²) in [6.07, 6.45) is 7.47. The lowest BCUT2D eigenvalue weighted by Crippen LogP contribution is -2.54. The van der Waals surface area contributed by atoms with Gasteiger partial charge in [0.2, 0.25) is 0 Å². The van der Waals surface area contributed by atoms with Gasteiger partial charge >= 0.3 is 0 Å². The summed E-state index contributed by atoms with van der Waals surface area (Å²) in [5.41, 5.74) is 9.48. The van der Waals surface area contributed by atoms with Gasteiger partial charge in [-0.3, -0.25) is 4.90 Å². The summed E-state index contributed by atoms with van der Waals surface area (Å²) in [7, 11) is 0. The molecule has 2 rings (SSSR count). The fraction of sp³-hybridized carbons (Fsp3) is 0.684. The van der Waals surface area contributed by atoms with E-state index in [4.69, 9.17) is 5.73 Å². The summed E-state index contributed by atoms with van der Waals surface area (Å²) in [4.78, 5) is 2.63. The van der Waals surface area contributed by atoms with Gasteiger partial charge < -0.3 is 5.73 Å². The van der Waals surface area contributed by atoms with E-state index in [9.17, 15) is 0 Å². The molecule has 1 heterocycles. The average molecular weight is 288 g/mol. The van der Waals surface area contributed by atoms with Gasteiger partial charge in [0.1, 0.15) is 0 Å². The second-order valence-corrected chi connectivity index (χ2v) is 6.73. The molecule has 118 valence electrons. The predicted octanol–water partition coefficient (Wildman–Crippen LogP) is 4.29. The maximum Gasteiger partial charge on any atom is 0.0479 e. The minimum absolute atomic E-state index is 0.0761. The first-order valence-electron chi connectivity index (χ1n) is 8.71. The summed E-state index contributed by atoms with van der Waals surface area (Å²) in [6, 6.07) is 9.09. The van der Waals surface area contributed by atoms with Crippen molar-refractivity contribution in [2.75, 3.05) is 13.1 Å². The average Bonchev–Trinajstić information content (AvgIpc) is 2.55. The SMILES string of the molecule is CCCc1ccc(C(N)C(C)(CC)N2CCCCC2)cc1. The van der Waals surface area contributed by atoms with E-state index in [0.717, 1.165) is 12.8 Å². The molecule has 0 spiro atoms. The Balaban J connectivity index is 2.16. The number of nitrogens with zero attached hydrogens (tertiary/aromatic N) is 1. The first-order chi connectivity index (χ1) is 10.1. The Kier molecular flexibility index (Phi) is 5.83. The molecule has 2 N–H and O–H groups in total. The maximum absolute atomic E-state index is 6.70. The standard InChI is InChI=1S/C19H32N2/c1-4-9-16-10-12-17(13-11-16)18(20)19(3,5-2)21-14-7-6-8-15-21/h10-13,18H,4-9,14-15,20H2,1-3H3. The number of hydrogen-bond donors (Lipinski definition) is 1. The minimum Gasteiger partial charge on any atom is -0.322 e. The van der Waals surface area contributed by atoms with E-state index >= 15 is 0 Å². The van der Waals surface area contributed by atoms with Crippen LogP contribution in [0.5, 0.6) is 0 Å². The van der Waals surface area contributed by atoms with E-state index in [1.165, 1.54) is 49.9 Å². The quantitative estimate of drug-likeness (QED) is 0.846. The van der Waals surface area contributed by atoms with Crippen LogP contribution in [0.1, 0.15) is 70.0 Å². The van der Waals surface area contributed by atoms with Crippen LogP contribution < -0.4 is 5.73 Å². The number of piperidine rings is 1. The van der Waals surface area contributed by atoms with Crippen LogP contribution in [0.15, 0.2) is 24.3 Å². The van der Waals surface area contributed by atoms with Crippen LogP contribution in [0.4, 0.5) is 0 Å². The molecule has 1 aliphatic rings. The largest absolute Gasteiger partial charge is 0.322 e. The third-order valence-corrected chi connectivity index (χ3v) is 5.34. The van der Waals surface area contributed by atoms with Gasteiger partial charge in [0.05, 0.1) is 0 Å². The van der Waals surface area contributed by atoms with Crippen molar-refractivity contribution < 1.29 is 0 Å². The summed E-state index contributed by atoms with van der Waals surface area (Å²) in [5.74, 6) is 0. The van der Waals surface area contributed by atoms with Gasteiger partial charge in [0.15, 0.2) is 0 Å². The molecule has 2 heteroatoms. The van der Waals surface area contributed by atoms with Crippen LogP contribution in [0.25, 0.3) is 0 Å². The van der Waals surface area contributed by atoms with Crippen molar-refractivity contribution in [2.45, 2.75) is 70.9 Å². The zero-order valence-corrected chi connectivity index (χ0v) is 14.1. The third-order valence-electron chi connectivity index (χ3n) is 5.34. The van der Waals surface area contributed by atoms with Crippen LogP contribution >= 0.6 is 0 Å². The summed E-state index contributed by atoms with van der Waals surface area (Å²) >= 11 is 0. The smallest absolute Gasteiger partial charge is 0.0479 e. The monoisotopic (exact) mass is 288 g/mol. The number of likely N-dealkylation sites (tertiary alicyclic amines) is 1. The molecule has 21 heavy (non-hydrogen) atoms. The normalized spacial score (nSPS) is 21.0. The van der Waals surface area contributed by atoms with Crippen LogP contribution in [0.3, 0.4) is 0 Å². The van der Waals surface area contributed by atoms with E-state index in [1.54, 1.807) is 0 Å². The van der Waals surface area contributed by atoms with Crippen molar-refractivity contribution in [3.8, 4) is 0 Å². The third kappa shape index (κ3) is 3.67. The van der Waals surface area contributed by atoms with E-state index in [1.807, 2.05) is 0 Å². The molecule has 0 aromatic heterocycles. The fourth-order valence-corrected chi connectivity index (χ4v) is 3.58. The van der Waals surface area contributed by atoms with Crippen molar-refractivity contribution in [1.29, 1.82) is 0 Å². The van der Waals surface area contributed by atoms with Crippen LogP contribution in [0.2, 0.25) is 0 Å². The van der Waals surface area contributed by atoms with Crippen molar-refractivity contribution in [3.63, 3.8) is 0 Å². The molecule has 0 bridgehead atoms. The van der Waals surface area contributed by atoms with Gasteiger partial charge in [-0.2, -0.15) is 0 Å². The van der Waals surface area contributed by atoms with Gasteiger partial charge in [0, 0.05) is 11.6 Å². The van der Waals surface area contributed by atoms with Gasteiger partial charge in [0.25, 0.3) is 0 Å². The second-order valence-electron chi connectivity index (χ2n) is 6.73. The van der Waals surface area contributed by atoms with Crippen molar-refractivity contribution >= 4 is 0 Å². The molecular weight excluding hydrogens is 256 g/mol. The first-order valence-corrected chi connectivity index (χ1v) is 8.71. The lowest BCUT2D eigenvalue weighted by molar-refractivity contribution is 0.0542. The van der Waals surface area contributed by atoms with Crippen molar-refractivity contribution in [2.24, 2.45) is 5.73 Å². The van der Waals surface area contributed by atoms with Gasteiger partial charge in [-0.05, 0) is 56.8 Å². The molecule has 2 nitrogen and oxygen atoms in total. The number of rotatable bonds is 6. The topological polar surface area (TPSA) is 29.3 Å². The van der Waals surface area contributed by atoms with E-state index in [0.29, 0.717) is 0 Å². The molecule has 1 saturated heterocycles. The Morgan fingerprint density at radius 1 is 1.10 bits per heavy atom. The summed E-state index contributed by atoms with van der Waals surface area (Å²) in [5, 5.41) is 0. The van der Waals surface area contributed by atoms with Gasteiger partial charge in [-0.1, -0.05) is 51.0 Å². The summed E-state index contributed by atoms with van der Waals surface area (Å²) < 4.78 is 0. The van der Waals surface area contributed by atoms with Gasteiger partial charge in [-0.25, -0.2) is 0 Å². The Bertz CT molecular complexity index is 420. The maximum atomic E-state index is 6.70. The molecule has 0 radical (unpaired) electrons. The van der Waals surface area contributed by atoms with Gasteiger partial charge in [-0.15, -0.1) is 0 Å². The Labute approximate surface area is 130 Å². The zero-order valence-electron chi connectivity index (χ0n) is 14.1. The molecule has 2 atom stereocenters. The zero-order chi connectivity index (χ0) is 15.3. The molecule has 1 aliphatic heterocycles. The highest BCUT2D eigenvalue weighted by Crippen LogP contribution is 2.34. The summed E-state index contributed by atoms with van der Waals surface area (Å²) in [6.45, 7) is 9.25. The van der Waals surface area contributed by atoms with Crippen molar-refractivity contribution in [3.05, 3.63) is 35.4 Å². The van der Waals surface area contributed by atoms with E-state index < -0.39 is 0 Å². The minimum atomic E-state index is 0.0761. The fourth-order valence-electron chi connectivity index (χ4n) is 3.58. The molecular formula is C19H32N2. The number of aryl methyl sites for hydroxylation is 1. The molecule has 0 amide bonds. The Hall–Kier alpha value is -0.860. The first kappa shape index (κ1) is 16.5. The molecule has 1 aromatic rings. The molecule has 0 saturated carbocycles. The molecule has 2 unspecified atom stereocenters. The Morgan fingerprint density at radius 3 is 2.24 bits per heavy atom. The predicted molar refractivity (Wildman–Crippen MR) is 91.5 cm³/mol. The molecule has 1 fully saturated rings. The van der Waals surface area contributed by atoms with Crippen molar-refractivity contribution in [1.82, 2.24) is 4.90 Å². The van der Waals surface area contributed by atoms with E-state index in [2.05, 4.69) is 49.9 Å².